The molecule has 3 rings (SSSR count). The number of hydrogen-bond donors (Lipinski definition) is 0. The number of hydrogen-bond acceptors (Lipinski definition) is 4. The Morgan fingerprint density at radius 2 is 1.92 bits per heavy atom. The third-order valence-corrected chi connectivity index (χ3v) is 7.16. The van der Waals surface area contributed by atoms with E-state index in [1.54, 1.807) is 23.5 Å². The third-order valence-electron chi connectivity index (χ3n) is 4.25. The van der Waals surface area contributed by atoms with Gasteiger partial charge in [-0.05, 0) is 36.1 Å². The predicted molar refractivity (Wildman–Crippen MR) is 103 cm³/mol. The summed E-state index contributed by atoms with van der Waals surface area (Å²) in [6, 6.07) is 9.33. The van der Waals surface area contributed by atoms with Crippen LogP contribution in [0.2, 0.25) is 0 Å². The maximum Gasteiger partial charge on any atom is 0.243 e. The van der Waals surface area contributed by atoms with Crippen molar-refractivity contribution in [3.05, 3.63) is 35.7 Å². The second kappa shape index (κ2) is 7.27. The molecule has 1 aromatic carbocycles. The van der Waals surface area contributed by atoms with Gasteiger partial charge in [0.2, 0.25) is 10.0 Å². The number of benzene rings is 1. The highest BCUT2D eigenvalue weighted by molar-refractivity contribution is 7.89. The van der Waals surface area contributed by atoms with E-state index >= 15 is 0 Å². The SMILES string of the molecule is CCCn1c(-c2cccs2)nc2cc(S(=O)(=O)N(CC)CC)ccc21. The van der Waals surface area contributed by atoms with Crippen molar-refractivity contribution in [3.8, 4) is 10.7 Å². The van der Waals surface area contributed by atoms with Crippen LogP contribution in [-0.2, 0) is 16.6 Å². The lowest BCUT2D eigenvalue weighted by Gasteiger charge is -2.18. The molecule has 0 aliphatic carbocycles. The van der Waals surface area contributed by atoms with Crippen molar-refractivity contribution >= 4 is 32.4 Å². The van der Waals surface area contributed by atoms with Crippen molar-refractivity contribution in [3.63, 3.8) is 0 Å². The number of aryl methyl sites for hydroxylation is 1. The van der Waals surface area contributed by atoms with E-state index in [1.165, 1.54) is 4.31 Å². The number of rotatable bonds is 7. The summed E-state index contributed by atoms with van der Waals surface area (Å²) in [6.07, 6.45) is 0.989. The molecule has 134 valence electrons. The summed E-state index contributed by atoms with van der Waals surface area (Å²) in [4.78, 5) is 6.15. The minimum Gasteiger partial charge on any atom is -0.323 e. The molecule has 0 aliphatic rings. The molecule has 0 unspecified atom stereocenters. The lowest BCUT2D eigenvalue weighted by atomic mass is 10.3. The molecule has 0 saturated carbocycles. The first kappa shape index (κ1) is 18.1. The molecule has 25 heavy (non-hydrogen) atoms. The summed E-state index contributed by atoms with van der Waals surface area (Å²) in [5.41, 5.74) is 1.70. The van der Waals surface area contributed by atoms with Crippen LogP contribution in [0, 0.1) is 0 Å². The van der Waals surface area contributed by atoms with Crippen LogP contribution in [0.15, 0.2) is 40.6 Å². The molecule has 7 heteroatoms. The first-order valence-corrected chi connectivity index (χ1v) is 10.9. The van der Waals surface area contributed by atoms with Gasteiger partial charge < -0.3 is 4.57 Å². The van der Waals surface area contributed by atoms with Gasteiger partial charge in [-0.3, -0.25) is 0 Å². The summed E-state index contributed by atoms with van der Waals surface area (Å²) in [7, 11) is -3.48. The van der Waals surface area contributed by atoms with Gasteiger partial charge in [0.25, 0.3) is 0 Å². The number of nitrogens with zero attached hydrogens (tertiary/aromatic N) is 3. The number of sulfonamides is 1. The molecule has 2 heterocycles. The van der Waals surface area contributed by atoms with Gasteiger partial charge in [0.05, 0.1) is 20.8 Å². The summed E-state index contributed by atoms with van der Waals surface area (Å²) in [5, 5.41) is 2.03. The topological polar surface area (TPSA) is 55.2 Å². The second-order valence-electron chi connectivity index (χ2n) is 5.80. The first-order valence-electron chi connectivity index (χ1n) is 8.57. The Morgan fingerprint density at radius 3 is 2.52 bits per heavy atom. The van der Waals surface area contributed by atoms with E-state index in [9.17, 15) is 8.42 Å². The van der Waals surface area contributed by atoms with E-state index in [-0.39, 0.29) is 0 Å². The minimum atomic E-state index is -3.48. The first-order chi connectivity index (χ1) is 12.0. The molecule has 0 amide bonds. The van der Waals surface area contributed by atoms with Crippen LogP contribution >= 0.6 is 11.3 Å². The van der Waals surface area contributed by atoms with Crippen LogP contribution in [0.3, 0.4) is 0 Å². The van der Waals surface area contributed by atoms with E-state index in [4.69, 9.17) is 4.98 Å². The molecule has 0 saturated heterocycles. The second-order valence-corrected chi connectivity index (χ2v) is 8.69. The van der Waals surface area contributed by atoms with E-state index < -0.39 is 10.0 Å². The van der Waals surface area contributed by atoms with Crippen LogP contribution in [0.1, 0.15) is 27.2 Å². The third kappa shape index (κ3) is 3.23. The van der Waals surface area contributed by atoms with Gasteiger partial charge in [-0.15, -0.1) is 11.3 Å². The van der Waals surface area contributed by atoms with Crippen molar-refractivity contribution in [1.29, 1.82) is 0 Å². The highest BCUT2D eigenvalue weighted by Gasteiger charge is 2.23. The van der Waals surface area contributed by atoms with Crippen LogP contribution in [-0.4, -0.2) is 35.4 Å². The zero-order valence-electron chi connectivity index (χ0n) is 14.8. The molecule has 0 spiro atoms. The van der Waals surface area contributed by atoms with Crippen LogP contribution < -0.4 is 0 Å². The zero-order chi connectivity index (χ0) is 18.0. The zero-order valence-corrected chi connectivity index (χ0v) is 16.4. The lowest BCUT2D eigenvalue weighted by Crippen LogP contribution is -2.30. The van der Waals surface area contributed by atoms with Gasteiger partial charge in [-0.1, -0.05) is 26.8 Å². The van der Waals surface area contributed by atoms with E-state index in [1.807, 2.05) is 37.4 Å². The highest BCUT2D eigenvalue weighted by atomic mass is 32.2. The van der Waals surface area contributed by atoms with Crippen LogP contribution in [0.25, 0.3) is 21.7 Å². The monoisotopic (exact) mass is 377 g/mol. The number of aromatic nitrogens is 2. The molecule has 0 N–H and O–H groups in total. The van der Waals surface area contributed by atoms with Crippen molar-refractivity contribution in [2.24, 2.45) is 0 Å². The number of imidazole rings is 1. The fourth-order valence-electron chi connectivity index (χ4n) is 3.03. The van der Waals surface area contributed by atoms with Gasteiger partial charge in [-0.2, -0.15) is 4.31 Å². The average Bonchev–Trinajstić information content (AvgIpc) is 3.23. The Labute approximate surface area is 153 Å². The molecule has 3 aromatic rings. The molecular weight excluding hydrogens is 354 g/mol. The Morgan fingerprint density at radius 1 is 1.16 bits per heavy atom. The molecule has 0 bridgehead atoms. The highest BCUT2D eigenvalue weighted by Crippen LogP contribution is 2.30. The standard InChI is InChI=1S/C18H23N3O2S2/c1-4-11-21-16-10-9-14(25(22,23)20(5-2)6-3)13-15(16)19-18(21)17-8-7-12-24-17/h7-10,12-13H,4-6,11H2,1-3H3. The van der Waals surface area contributed by atoms with Gasteiger partial charge in [0, 0.05) is 19.6 Å². The van der Waals surface area contributed by atoms with E-state index in [0.29, 0.717) is 18.0 Å². The number of thiophene rings is 1. The largest absolute Gasteiger partial charge is 0.323 e. The summed E-state index contributed by atoms with van der Waals surface area (Å²) < 4.78 is 29.2. The lowest BCUT2D eigenvalue weighted by molar-refractivity contribution is 0.445. The van der Waals surface area contributed by atoms with Crippen molar-refractivity contribution < 1.29 is 8.42 Å². The van der Waals surface area contributed by atoms with Gasteiger partial charge in [0.1, 0.15) is 0 Å². The normalized spacial score (nSPS) is 12.3. The quantitative estimate of drug-likeness (QED) is 0.620. The predicted octanol–water partition coefficient (Wildman–Crippen LogP) is 4.21. The smallest absolute Gasteiger partial charge is 0.243 e. The maximum absolute atomic E-state index is 12.8. The summed E-state index contributed by atoms with van der Waals surface area (Å²) in [5.74, 6) is 0.907. The molecule has 2 aromatic heterocycles. The Balaban J connectivity index is 2.16. The van der Waals surface area contributed by atoms with Crippen molar-refractivity contribution in [2.75, 3.05) is 13.1 Å². The van der Waals surface area contributed by atoms with Gasteiger partial charge in [0.15, 0.2) is 5.82 Å². The Hall–Kier alpha value is -1.70. The van der Waals surface area contributed by atoms with Crippen LogP contribution in [0.5, 0.6) is 0 Å². The summed E-state index contributed by atoms with van der Waals surface area (Å²) >= 11 is 1.64. The molecular formula is C18H23N3O2S2. The fourth-order valence-corrected chi connectivity index (χ4v) is 5.23. The van der Waals surface area contributed by atoms with E-state index in [2.05, 4.69) is 11.5 Å². The minimum absolute atomic E-state index is 0.308. The average molecular weight is 378 g/mol. The Bertz CT molecular complexity index is 956. The van der Waals surface area contributed by atoms with Gasteiger partial charge in [-0.25, -0.2) is 13.4 Å². The molecule has 0 aliphatic heterocycles. The fraction of sp³-hybridized carbons (Fsp3) is 0.389. The van der Waals surface area contributed by atoms with Crippen molar-refractivity contribution in [1.82, 2.24) is 13.9 Å². The molecule has 5 nitrogen and oxygen atoms in total. The van der Waals surface area contributed by atoms with Gasteiger partial charge >= 0.3 is 0 Å². The Kier molecular flexibility index (Phi) is 5.27. The van der Waals surface area contributed by atoms with E-state index in [0.717, 1.165) is 34.7 Å². The number of fused-ring (bicyclic) bond motifs is 1. The van der Waals surface area contributed by atoms with Crippen LogP contribution in [0.4, 0.5) is 0 Å². The molecule has 0 radical (unpaired) electrons. The van der Waals surface area contributed by atoms with Crippen molar-refractivity contribution in [2.45, 2.75) is 38.6 Å². The molecule has 0 fully saturated rings. The molecule has 0 atom stereocenters. The summed E-state index contributed by atoms with van der Waals surface area (Å²) in [6.45, 7) is 7.60. The maximum atomic E-state index is 12.8.